The summed E-state index contributed by atoms with van der Waals surface area (Å²) in [6.07, 6.45) is 4.29. The van der Waals surface area contributed by atoms with Crippen LogP contribution in [-0.4, -0.2) is 30.3 Å². The Balaban J connectivity index is 1.42. The summed E-state index contributed by atoms with van der Waals surface area (Å²) in [7, 11) is 0. The first-order chi connectivity index (χ1) is 10.8. The van der Waals surface area contributed by atoms with Crippen LogP contribution in [0.1, 0.15) is 36.6 Å². The molecule has 2 aliphatic rings. The highest BCUT2D eigenvalue weighted by Crippen LogP contribution is 2.43. The Kier molecular flexibility index (Phi) is 3.72. The van der Waals surface area contributed by atoms with Crippen molar-refractivity contribution < 1.29 is 9.53 Å². The largest absolute Gasteiger partial charge is 0.381 e. The molecule has 1 saturated heterocycles. The van der Waals surface area contributed by atoms with Gasteiger partial charge in [-0.1, -0.05) is 0 Å². The molecule has 2 heterocycles. The van der Waals surface area contributed by atoms with Crippen molar-refractivity contribution in [3.05, 3.63) is 23.2 Å². The van der Waals surface area contributed by atoms with E-state index in [9.17, 15) is 4.79 Å². The second kappa shape index (κ2) is 5.85. The lowest BCUT2D eigenvalue weighted by Gasteiger charge is -2.23. The summed E-state index contributed by atoms with van der Waals surface area (Å²) in [5, 5.41) is 7.17. The van der Waals surface area contributed by atoms with Gasteiger partial charge in [-0.3, -0.25) is 0 Å². The van der Waals surface area contributed by atoms with E-state index in [1.165, 1.54) is 17.8 Å². The summed E-state index contributed by atoms with van der Waals surface area (Å²) < 4.78 is 6.44. The molecule has 116 valence electrons. The second-order valence-corrected chi connectivity index (χ2v) is 7.06. The Morgan fingerprint density at radius 3 is 2.82 bits per heavy atom. The van der Waals surface area contributed by atoms with Crippen LogP contribution in [0.15, 0.2) is 18.2 Å². The van der Waals surface area contributed by atoms with Crippen LogP contribution in [-0.2, 0) is 4.74 Å². The van der Waals surface area contributed by atoms with Gasteiger partial charge in [0.1, 0.15) is 0 Å². The van der Waals surface area contributed by atoms with Crippen LogP contribution in [0.4, 0.5) is 10.5 Å². The number of ether oxygens (including phenoxy) is 1. The molecule has 0 spiro atoms. The standard InChI is InChI=1S/C16H19N3O2S/c20-16(17-11-5-7-21-8-6-11)18-12-3-4-13-14(9-12)22-15(19-13)10-1-2-10/h3-4,9-11H,1-2,5-8H2,(H2,17,18,20). The number of fused-ring (bicyclic) bond motifs is 1. The molecule has 0 radical (unpaired) electrons. The fourth-order valence-corrected chi connectivity index (χ4v) is 3.90. The Labute approximate surface area is 133 Å². The SMILES string of the molecule is O=C(Nc1ccc2nc(C3CC3)sc2c1)NC1CCOCC1. The lowest BCUT2D eigenvalue weighted by Crippen LogP contribution is -2.41. The first-order valence-electron chi connectivity index (χ1n) is 7.84. The molecule has 0 atom stereocenters. The van der Waals surface area contributed by atoms with Crippen molar-refractivity contribution in [2.45, 2.75) is 37.6 Å². The Hall–Kier alpha value is -1.66. The molecule has 2 N–H and O–H groups in total. The topological polar surface area (TPSA) is 63.2 Å². The van der Waals surface area contributed by atoms with Crippen LogP contribution in [0.3, 0.4) is 0 Å². The van der Waals surface area contributed by atoms with Gasteiger partial charge in [0.25, 0.3) is 0 Å². The molecule has 0 bridgehead atoms. The van der Waals surface area contributed by atoms with E-state index in [0.29, 0.717) is 5.92 Å². The number of hydrogen-bond acceptors (Lipinski definition) is 4. The zero-order valence-electron chi connectivity index (χ0n) is 12.3. The number of carbonyl (C=O) groups excluding carboxylic acids is 1. The molecular weight excluding hydrogens is 298 g/mol. The molecule has 1 aromatic carbocycles. The van der Waals surface area contributed by atoms with Crippen LogP contribution in [0.5, 0.6) is 0 Å². The molecule has 2 fully saturated rings. The molecule has 22 heavy (non-hydrogen) atoms. The number of anilines is 1. The molecule has 1 aliphatic heterocycles. The Morgan fingerprint density at radius 2 is 2.05 bits per heavy atom. The van der Waals surface area contributed by atoms with Crippen LogP contribution < -0.4 is 10.6 Å². The molecule has 5 nitrogen and oxygen atoms in total. The summed E-state index contributed by atoms with van der Waals surface area (Å²) in [5.74, 6) is 0.672. The predicted octanol–water partition coefficient (Wildman–Crippen LogP) is 3.47. The normalized spacial score (nSPS) is 19.3. The smallest absolute Gasteiger partial charge is 0.319 e. The zero-order valence-corrected chi connectivity index (χ0v) is 13.1. The number of nitrogens with one attached hydrogen (secondary N) is 2. The quantitative estimate of drug-likeness (QED) is 0.911. The van der Waals surface area contributed by atoms with Gasteiger partial charge >= 0.3 is 6.03 Å². The number of urea groups is 1. The van der Waals surface area contributed by atoms with E-state index in [-0.39, 0.29) is 12.1 Å². The van der Waals surface area contributed by atoms with Gasteiger partial charge in [-0.2, -0.15) is 0 Å². The maximum absolute atomic E-state index is 12.1. The van der Waals surface area contributed by atoms with Gasteiger partial charge in [0.05, 0.1) is 15.2 Å². The monoisotopic (exact) mass is 317 g/mol. The van der Waals surface area contributed by atoms with Crippen LogP contribution >= 0.6 is 11.3 Å². The van der Waals surface area contributed by atoms with Gasteiger partial charge in [0.15, 0.2) is 0 Å². The van der Waals surface area contributed by atoms with Crippen molar-refractivity contribution in [2.75, 3.05) is 18.5 Å². The number of rotatable bonds is 3. The fraction of sp³-hybridized carbons (Fsp3) is 0.500. The van der Waals surface area contributed by atoms with Crippen molar-refractivity contribution in [1.29, 1.82) is 0 Å². The van der Waals surface area contributed by atoms with E-state index in [1.807, 2.05) is 18.2 Å². The first-order valence-corrected chi connectivity index (χ1v) is 8.65. The van der Waals surface area contributed by atoms with E-state index >= 15 is 0 Å². The minimum Gasteiger partial charge on any atom is -0.381 e. The molecule has 0 unspecified atom stereocenters. The number of carbonyl (C=O) groups is 1. The second-order valence-electron chi connectivity index (χ2n) is 5.99. The zero-order chi connectivity index (χ0) is 14.9. The lowest BCUT2D eigenvalue weighted by molar-refractivity contribution is 0.0806. The van der Waals surface area contributed by atoms with Gasteiger partial charge < -0.3 is 15.4 Å². The summed E-state index contributed by atoms with van der Waals surface area (Å²) in [4.78, 5) is 16.7. The average molecular weight is 317 g/mol. The van der Waals surface area contributed by atoms with Crippen LogP contribution in [0, 0.1) is 0 Å². The van der Waals surface area contributed by atoms with Gasteiger partial charge in [-0.05, 0) is 43.9 Å². The van der Waals surface area contributed by atoms with Gasteiger partial charge in [0.2, 0.25) is 0 Å². The minimum atomic E-state index is -0.141. The number of thiazole rings is 1. The van der Waals surface area contributed by atoms with E-state index < -0.39 is 0 Å². The Morgan fingerprint density at radius 1 is 1.23 bits per heavy atom. The molecule has 2 amide bonds. The fourth-order valence-electron chi connectivity index (χ4n) is 2.72. The molecule has 2 aromatic rings. The van der Waals surface area contributed by atoms with Gasteiger partial charge in [-0.25, -0.2) is 9.78 Å². The van der Waals surface area contributed by atoms with E-state index in [0.717, 1.165) is 42.0 Å². The third-order valence-corrected chi connectivity index (χ3v) is 5.33. The number of hydrogen-bond donors (Lipinski definition) is 2. The third kappa shape index (κ3) is 3.08. The summed E-state index contributed by atoms with van der Waals surface area (Å²) in [5.41, 5.74) is 1.85. The summed E-state index contributed by atoms with van der Waals surface area (Å²) in [6.45, 7) is 1.45. The highest BCUT2D eigenvalue weighted by Gasteiger charge is 2.27. The highest BCUT2D eigenvalue weighted by molar-refractivity contribution is 7.18. The summed E-state index contributed by atoms with van der Waals surface area (Å²) >= 11 is 1.75. The molecular formula is C16H19N3O2S. The maximum Gasteiger partial charge on any atom is 0.319 e. The first kappa shape index (κ1) is 14.0. The number of amides is 2. The Bertz CT molecular complexity index is 690. The maximum atomic E-state index is 12.1. The van der Waals surface area contributed by atoms with E-state index in [4.69, 9.17) is 4.74 Å². The molecule has 1 saturated carbocycles. The number of aromatic nitrogens is 1. The predicted molar refractivity (Wildman–Crippen MR) is 87.6 cm³/mol. The lowest BCUT2D eigenvalue weighted by atomic mass is 10.1. The number of benzene rings is 1. The van der Waals surface area contributed by atoms with E-state index in [1.54, 1.807) is 11.3 Å². The van der Waals surface area contributed by atoms with Crippen LogP contribution in [0.2, 0.25) is 0 Å². The molecule has 1 aromatic heterocycles. The van der Waals surface area contributed by atoms with Crippen molar-refractivity contribution >= 4 is 33.3 Å². The summed E-state index contributed by atoms with van der Waals surface area (Å²) in [6, 6.07) is 5.99. The van der Waals surface area contributed by atoms with Crippen molar-refractivity contribution in [1.82, 2.24) is 10.3 Å². The van der Waals surface area contributed by atoms with Crippen molar-refractivity contribution in [3.8, 4) is 0 Å². The minimum absolute atomic E-state index is 0.141. The number of nitrogens with zero attached hydrogens (tertiary/aromatic N) is 1. The van der Waals surface area contributed by atoms with Crippen molar-refractivity contribution in [3.63, 3.8) is 0 Å². The van der Waals surface area contributed by atoms with E-state index in [2.05, 4.69) is 15.6 Å². The van der Waals surface area contributed by atoms with Gasteiger partial charge in [0, 0.05) is 30.9 Å². The highest BCUT2D eigenvalue weighted by atomic mass is 32.1. The molecule has 1 aliphatic carbocycles. The van der Waals surface area contributed by atoms with Gasteiger partial charge in [-0.15, -0.1) is 11.3 Å². The molecule has 4 rings (SSSR count). The average Bonchev–Trinajstić information content (AvgIpc) is 3.28. The van der Waals surface area contributed by atoms with Crippen molar-refractivity contribution in [2.24, 2.45) is 0 Å². The molecule has 6 heteroatoms. The van der Waals surface area contributed by atoms with Crippen LogP contribution in [0.25, 0.3) is 10.2 Å². The third-order valence-electron chi connectivity index (χ3n) is 4.15.